The van der Waals surface area contributed by atoms with Gasteiger partial charge in [0, 0.05) is 18.3 Å². The van der Waals surface area contributed by atoms with Gasteiger partial charge < -0.3 is 16.0 Å². The zero-order chi connectivity index (χ0) is 21.8. The predicted molar refractivity (Wildman–Crippen MR) is 126 cm³/mol. The normalized spacial score (nSPS) is 13.6. The Morgan fingerprint density at radius 3 is 2.75 bits per heavy atom. The summed E-state index contributed by atoms with van der Waals surface area (Å²) in [6.07, 6.45) is 8.00. The fraction of sp³-hybridized carbons (Fsp3) is 0.273. The van der Waals surface area contributed by atoms with E-state index in [1.54, 1.807) is 12.4 Å². The number of likely N-dealkylation sites (tertiary alicyclic amines) is 1. The van der Waals surface area contributed by atoms with Crippen molar-refractivity contribution < 1.29 is 9.18 Å². The molecule has 2 aromatic heterocycles. The number of nitrogens with two attached hydrogens (primary N) is 1. The van der Waals surface area contributed by atoms with Crippen LogP contribution in [-0.4, -0.2) is 45.4 Å². The number of hydrogen-bond donors (Lipinski definition) is 2. The number of rotatable bonds is 6. The highest BCUT2D eigenvalue weighted by atomic mass is 35.5. The SMILES string of the molecule is Cl.Nc1ncc(-c2ccc(F)c(Cl)c2)nc1C(=O)Nc1cnccc1CCN1CCCC1. The Kier molecular flexibility index (Phi) is 7.95. The van der Waals surface area contributed by atoms with Crippen LogP contribution in [0.5, 0.6) is 0 Å². The molecule has 0 unspecified atom stereocenters. The molecule has 0 bridgehead atoms. The topological polar surface area (TPSA) is 97.0 Å². The van der Waals surface area contributed by atoms with E-state index in [-0.39, 0.29) is 28.9 Å². The largest absolute Gasteiger partial charge is 0.382 e. The number of carbonyl (C=O) groups is 1. The van der Waals surface area contributed by atoms with E-state index in [1.807, 2.05) is 6.07 Å². The lowest BCUT2D eigenvalue weighted by atomic mass is 10.1. The highest BCUT2D eigenvalue weighted by Crippen LogP contribution is 2.25. The van der Waals surface area contributed by atoms with Crippen LogP contribution in [0.1, 0.15) is 28.9 Å². The summed E-state index contributed by atoms with van der Waals surface area (Å²) in [7, 11) is 0. The monoisotopic (exact) mass is 476 g/mol. The van der Waals surface area contributed by atoms with Crippen LogP contribution in [0.15, 0.2) is 42.9 Å². The van der Waals surface area contributed by atoms with Gasteiger partial charge in [0.2, 0.25) is 0 Å². The van der Waals surface area contributed by atoms with Crippen LogP contribution >= 0.6 is 24.0 Å². The van der Waals surface area contributed by atoms with Crippen molar-refractivity contribution in [3.05, 3.63) is 65.0 Å². The van der Waals surface area contributed by atoms with E-state index in [9.17, 15) is 9.18 Å². The molecule has 32 heavy (non-hydrogen) atoms. The Balaban J connectivity index is 0.00000289. The van der Waals surface area contributed by atoms with Gasteiger partial charge in [-0.05, 0) is 62.2 Å². The number of aromatic nitrogens is 3. The van der Waals surface area contributed by atoms with Gasteiger partial charge in [0.15, 0.2) is 11.5 Å². The van der Waals surface area contributed by atoms with E-state index in [4.69, 9.17) is 17.3 Å². The number of nitrogens with one attached hydrogen (secondary N) is 1. The quantitative estimate of drug-likeness (QED) is 0.552. The number of carbonyl (C=O) groups excluding carboxylic acids is 1. The van der Waals surface area contributed by atoms with E-state index in [1.165, 1.54) is 37.2 Å². The second-order valence-corrected chi connectivity index (χ2v) is 7.81. The second kappa shape index (κ2) is 10.7. The summed E-state index contributed by atoms with van der Waals surface area (Å²) < 4.78 is 13.5. The number of pyridine rings is 1. The first kappa shape index (κ1) is 23.8. The maximum atomic E-state index is 13.5. The summed E-state index contributed by atoms with van der Waals surface area (Å²) in [4.78, 5) is 27.9. The fourth-order valence-corrected chi connectivity index (χ4v) is 3.76. The van der Waals surface area contributed by atoms with Crippen LogP contribution in [0.2, 0.25) is 5.02 Å². The lowest BCUT2D eigenvalue weighted by Crippen LogP contribution is -2.23. The van der Waals surface area contributed by atoms with Crippen molar-refractivity contribution in [1.29, 1.82) is 0 Å². The molecule has 10 heteroatoms. The fourth-order valence-electron chi connectivity index (χ4n) is 3.58. The maximum Gasteiger partial charge on any atom is 0.278 e. The number of nitrogens with zero attached hydrogens (tertiary/aromatic N) is 4. The molecule has 3 heterocycles. The van der Waals surface area contributed by atoms with Crippen molar-refractivity contribution in [3.63, 3.8) is 0 Å². The van der Waals surface area contributed by atoms with Gasteiger partial charge >= 0.3 is 0 Å². The zero-order valence-electron chi connectivity index (χ0n) is 17.2. The van der Waals surface area contributed by atoms with Gasteiger partial charge in [0.05, 0.1) is 28.8 Å². The molecule has 0 atom stereocenters. The molecule has 1 aliphatic rings. The van der Waals surface area contributed by atoms with Crippen LogP contribution in [0.25, 0.3) is 11.3 Å². The van der Waals surface area contributed by atoms with E-state index in [0.29, 0.717) is 16.9 Å². The molecule has 1 fully saturated rings. The number of amides is 1. The number of benzene rings is 1. The van der Waals surface area contributed by atoms with Gasteiger partial charge in [-0.2, -0.15) is 0 Å². The lowest BCUT2D eigenvalue weighted by Gasteiger charge is -2.16. The van der Waals surface area contributed by atoms with Crippen molar-refractivity contribution in [2.24, 2.45) is 0 Å². The number of halogens is 3. The molecule has 1 aliphatic heterocycles. The van der Waals surface area contributed by atoms with Gasteiger partial charge in [-0.3, -0.25) is 9.78 Å². The van der Waals surface area contributed by atoms with Gasteiger partial charge in [-0.25, -0.2) is 14.4 Å². The Morgan fingerprint density at radius 2 is 2.00 bits per heavy atom. The minimum absolute atomic E-state index is 0. The molecule has 1 saturated heterocycles. The van der Waals surface area contributed by atoms with Gasteiger partial charge in [0.25, 0.3) is 5.91 Å². The summed E-state index contributed by atoms with van der Waals surface area (Å²) >= 11 is 5.86. The molecule has 1 amide bonds. The minimum Gasteiger partial charge on any atom is -0.382 e. The molecule has 3 N–H and O–H groups in total. The van der Waals surface area contributed by atoms with Crippen molar-refractivity contribution >= 4 is 41.4 Å². The van der Waals surface area contributed by atoms with E-state index >= 15 is 0 Å². The Labute approximate surface area is 196 Å². The lowest BCUT2D eigenvalue weighted by molar-refractivity contribution is 0.102. The highest BCUT2D eigenvalue weighted by Gasteiger charge is 2.18. The number of nitrogen functional groups attached to an aromatic ring is 1. The average molecular weight is 477 g/mol. The molecular weight excluding hydrogens is 454 g/mol. The number of hydrogen-bond acceptors (Lipinski definition) is 6. The van der Waals surface area contributed by atoms with Crippen LogP contribution in [-0.2, 0) is 6.42 Å². The summed E-state index contributed by atoms with van der Waals surface area (Å²) in [5.41, 5.74) is 8.39. The molecule has 4 rings (SSSR count). The molecule has 7 nitrogen and oxygen atoms in total. The molecule has 3 aromatic rings. The highest BCUT2D eigenvalue weighted by molar-refractivity contribution is 6.31. The molecule has 168 valence electrons. The summed E-state index contributed by atoms with van der Waals surface area (Å²) in [6.45, 7) is 3.15. The van der Waals surface area contributed by atoms with Crippen molar-refractivity contribution in [1.82, 2.24) is 19.9 Å². The first-order valence-electron chi connectivity index (χ1n) is 10.1. The third-order valence-electron chi connectivity index (χ3n) is 5.29. The van der Waals surface area contributed by atoms with Gasteiger partial charge in [-0.15, -0.1) is 12.4 Å². The summed E-state index contributed by atoms with van der Waals surface area (Å²) in [5, 5.41) is 2.81. The zero-order valence-corrected chi connectivity index (χ0v) is 18.8. The third kappa shape index (κ3) is 5.51. The number of anilines is 2. The molecule has 0 saturated carbocycles. The standard InChI is InChI=1S/C22H22ClFN6O.ClH/c23-16-11-15(3-4-17(16)24)19-13-27-21(25)20(28-19)22(31)29-18-12-26-7-5-14(18)6-10-30-8-1-2-9-30;/h3-5,7,11-13H,1-2,6,8-10H2,(H2,25,27)(H,29,31);1H. The molecule has 1 aromatic carbocycles. The average Bonchev–Trinajstić information content (AvgIpc) is 3.29. The first-order valence-corrected chi connectivity index (χ1v) is 10.4. The maximum absolute atomic E-state index is 13.5. The van der Waals surface area contributed by atoms with Crippen LogP contribution < -0.4 is 11.1 Å². The predicted octanol–water partition coefficient (Wildman–Crippen LogP) is 4.23. The van der Waals surface area contributed by atoms with E-state index < -0.39 is 11.7 Å². The van der Waals surface area contributed by atoms with Crippen LogP contribution in [0, 0.1) is 5.82 Å². The summed E-state index contributed by atoms with van der Waals surface area (Å²) in [5.74, 6) is -1.03. The molecule has 0 aliphatic carbocycles. The van der Waals surface area contributed by atoms with E-state index in [0.717, 1.165) is 31.6 Å². The van der Waals surface area contributed by atoms with Gasteiger partial charge in [-0.1, -0.05) is 11.6 Å². The smallest absolute Gasteiger partial charge is 0.278 e. The van der Waals surface area contributed by atoms with Crippen LogP contribution in [0.4, 0.5) is 15.9 Å². The van der Waals surface area contributed by atoms with Crippen molar-refractivity contribution in [2.45, 2.75) is 19.3 Å². The first-order chi connectivity index (χ1) is 15.0. The molecule has 0 spiro atoms. The van der Waals surface area contributed by atoms with Crippen LogP contribution in [0.3, 0.4) is 0 Å². The third-order valence-corrected chi connectivity index (χ3v) is 5.58. The van der Waals surface area contributed by atoms with Crippen molar-refractivity contribution in [3.8, 4) is 11.3 Å². The Morgan fingerprint density at radius 1 is 1.22 bits per heavy atom. The summed E-state index contributed by atoms with van der Waals surface area (Å²) in [6, 6.07) is 6.08. The van der Waals surface area contributed by atoms with Gasteiger partial charge in [0.1, 0.15) is 5.82 Å². The van der Waals surface area contributed by atoms with E-state index in [2.05, 4.69) is 25.2 Å². The van der Waals surface area contributed by atoms with Crippen molar-refractivity contribution in [2.75, 3.05) is 30.7 Å². The molecule has 0 radical (unpaired) electrons. The molecular formula is C22H23Cl2FN6O. The minimum atomic E-state index is -0.537. The Hall–Kier alpha value is -2.81. The second-order valence-electron chi connectivity index (χ2n) is 7.40. The Bertz CT molecular complexity index is 1110.